The van der Waals surface area contributed by atoms with E-state index in [1.165, 1.54) is 19.1 Å². The summed E-state index contributed by atoms with van der Waals surface area (Å²) in [5.41, 5.74) is 0.890. The molecule has 0 bridgehead atoms. The average molecular weight is 406 g/mol. The molecule has 1 aromatic heterocycles. The summed E-state index contributed by atoms with van der Waals surface area (Å²) in [5.74, 6) is 0.820. The lowest BCUT2D eigenvalue weighted by Crippen LogP contribution is -2.59. The molecule has 29 heavy (non-hydrogen) atoms. The van der Waals surface area contributed by atoms with Gasteiger partial charge in [0.05, 0.1) is 18.8 Å². The van der Waals surface area contributed by atoms with E-state index in [4.69, 9.17) is 0 Å². The quantitative estimate of drug-likeness (QED) is 0.703. The van der Waals surface area contributed by atoms with E-state index in [0.717, 1.165) is 24.4 Å². The summed E-state index contributed by atoms with van der Waals surface area (Å²) in [6, 6.07) is 1.77. The van der Waals surface area contributed by atoms with Crippen LogP contribution in [0.15, 0.2) is 6.07 Å². The standard InChI is InChI=1S/C19H30N6O4/c1-14-12-16(22(3)20-14)25-7-5-6-15(18(25)27)23-8-10-24(11-9-23)17(26)13-21(2)19(28)29-4/h12,15H,5-11,13H2,1-4H3/t15-/m1/s1. The Labute approximate surface area is 171 Å². The van der Waals surface area contributed by atoms with Crippen molar-refractivity contribution in [1.82, 2.24) is 24.5 Å². The van der Waals surface area contributed by atoms with Gasteiger partial charge in [0.2, 0.25) is 11.8 Å². The number of likely N-dealkylation sites (N-methyl/N-ethyl adjacent to an activating group) is 1. The van der Waals surface area contributed by atoms with Gasteiger partial charge in [-0.25, -0.2) is 4.79 Å². The van der Waals surface area contributed by atoms with Crippen LogP contribution in [0.3, 0.4) is 0 Å². The Morgan fingerprint density at radius 1 is 1.24 bits per heavy atom. The molecule has 10 heteroatoms. The second-order valence-electron chi connectivity index (χ2n) is 7.66. The van der Waals surface area contributed by atoms with Gasteiger partial charge in [0.15, 0.2) is 0 Å². The van der Waals surface area contributed by atoms with Crippen molar-refractivity contribution in [2.75, 3.05) is 58.3 Å². The summed E-state index contributed by atoms with van der Waals surface area (Å²) < 4.78 is 6.38. The summed E-state index contributed by atoms with van der Waals surface area (Å²) >= 11 is 0. The Balaban J connectivity index is 1.57. The Kier molecular flexibility index (Phi) is 6.41. The third kappa shape index (κ3) is 4.52. The smallest absolute Gasteiger partial charge is 0.409 e. The first kappa shape index (κ1) is 21.1. The Morgan fingerprint density at radius 3 is 2.52 bits per heavy atom. The molecule has 160 valence electrons. The normalized spacial score (nSPS) is 20.7. The maximum absolute atomic E-state index is 13.2. The summed E-state index contributed by atoms with van der Waals surface area (Å²) in [4.78, 5) is 44.1. The number of aromatic nitrogens is 2. The number of rotatable bonds is 4. The van der Waals surface area contributed by atoms with E-state index < -0.39 is 6.09 Å². The highest BCUT2D eigenvalue weighted by atomic mass is 16.5. The van der Waals surface area contributed by atoms with Gasteiger partial charge in [-0.3, -0.25) is 24.1 Å². The van der Waals surface area contributed by atoms with Crippen LogP contribution in [0.5, 0.6) is 0 Å². The van der Waals surface area contributed by atoms with E-state index in [-0.39, 0.29) is 24.4 Å². The second-order valence-corrected chi connectivity index (χ2v) is 7.66. The minimum atomic E-state index is -0.532. The monoisotopic (exact) mass is 406 g/mol. The maximum Gasteiger partial charge on any atom is 0.409 e. The van der Waals surface area contributed by atoms with Gasteiger partial charge in [-0.05, 0) is 19.8 Å². The number of amides is 3. The lowest BCUT2D eigenvalue weighted by molar-refractivity contribution is -0.135. The largest absolute Gasteiger partial charge is 0.453 e. The summed E-state index contributed by atoms with van der Waals surface area (Å²) in [5, 5.41) is 4.36. The number of ether oxygens (including phenoxy) is 1. The molecule has 1 atom stereocenters. The predicted octanol–water partition coefficient (Wildman–Crippen LogP) is 0.0663. The molecule has 3 heterocycles. The summed E-state index contributed by atoms with van der Waals surface area (Å²) in [6.07, 6.45) is 1.23. The van der Waals surface area contributed by atoms with Crippen LogP contribution in [0.1, 0.15) is 18.5 Å². The van der Waals surface area contributed by atoms with Gasteiger partial charge in [0.25, 0.3) is 0 Å². The van der Waals surface area contributed by atoms with Crippen molar-refractivity contribution in [3.8, 4) is 0 Å². The van der Waals surface area contributed by atoms with Gasteiger partial charge in [-0.2, -0.15) is 5.10 Å². The molecule has 2 saturated heterocycles. The number of nitrogens with zero attached hydrogens (tertiary/aromatic N) is 6. The molecule has 0 spiro atoms. The Bertz CT molecular complexity index is 771. The third-order valence-corrected chi connectivity index (χ3v) is 5.63. The lowest BCUT2D eigenvalue weighted by atomic mass is 10.0. The molecular weight excluding hydrogens is 376 g/mol. The average Bonchev–Trinajstić information content (AvgIpc) is 3.05. The molecule has 0 radical (unpaired) electrons. The summed E-state index contributed by atoms with van der Waals surface area (Å²) in [7, 11) is 4.68. The fourth-order valence-corrected chi connectivity index (χ4v) is 4.08. The van der Waals surface area contributed by atoms with Crippen LogP contribution < -0.4 is 4.90 Å². The number of aryl methyl sites for hydroxylation is 2. The fourth-order valence-electron chi connectivity index (χ4n) is 4.08. The number of carbonyl (C=O) groups is 3. The van der Waals surface area contributed by atoms with Crippen LogP contribution in [-0.2, 0) is 21.4 Å². The zero-order chi connectivity index (χ0) is 21.1. The van der Waals surface area contributed by atoms with Crippen molar-refractivity contribution < 1.29 is 19.1 Å². The minimum Gasteiger partial charge on any atom is -0.453 e. The van der Waals surface area contributed by atoms with E-state index in [2.05, 4.69) is 14.7 Å². The number of methoxy groups -OCH3 is 1. The van der Waals surface area contributed by atoms with Crippen LogP contribution in [-0.4, -0.2) is 102 Å². The van der Waals surface area contributed by atoms with Crippen LogP contribution in [0.4, 0.5) is 10.6 Å². The SMILES string of the molecule is COC(=O)N(C)CC(=O)N1CCN([C@@H]2CCCN(c3cc(C)nn3C)C2=O)CC1. The van der Waals surface area contributed by atoms with Crippen LogP contribution >= 0.6 is 0 Å². The van der Waals surface area contributed by atoms with E-state index in [0.29, 0.717) is 32.7 Å². The van der Waals surface area contributed by atoms with Crippen molar-refractivity contribution >= 4 is 23.7 Å². The highest BCUT2D eigenvalue weighted by Gasteiger charge is 2.37. The lowest BCUT2D eigenvalue weighted by Gasteiger charge is -2.42. The second kappa shape index (κ2) is 8.81. The van der Waals surface area contributed by atoms with Gasteiger partial charge in [0, 0.05) is 52.9 Å². The number of hydrogen-bond donors (Lipinski definition) is 0. The van der Waals surface area contributed by atoms with E-state index in [1.54, 1.807) is 9.58 Å². The number of carbonyl (C=O) groups excluding carboxylic acids is 3. The van der Waals surface area contributed by atoms with Gasteiger partial charge < -0.3 is 14.5 Å². The van der Waals surface area contributed by atoms with Crippen molar-refractivity contribution in [3.05, 3.63) is 11.8 Å². The van der Waals surface area contributed by atoms with Crippen LogP contribution in [0.25, 0.3) is 0 Å². The van der Waals surface area contributed by atoms with Crippen molar-refractivity contribution in [2.24, 2.45) is 7.05 Å². The highest BCUT2D eigenvalue weighted by molar-refractivity contribution is 5.97. The molecule has 2 fully saturated rings. The number of hydrogen-bond acceptors (Lipinski definition) is 6. The first-order chi connectivity index (χ1) is 13.8. The van der Waals surface area contributed by atoms with Crippen LogP contribution in [0, 0.1) is 6.92 Å². The molecule has 0 unspecified atom stereocenters. The first-order valence-corrected chi connectivity index (χ1v) is 9.94. The molecule has 1 aromatic rings. The molecule has 0 saturated carbocycles. The fraction of sp³-hybridized carbons (Fsp3) is 0.684. The molecule has 0 N–H and O–H groups in total. The highest BCUT2D eigenvalue weighted by Crippen LogP contribution is 2.25. The first-order valence-electron chi connectivity index (χ1n) is 9.94. The third-order valence-electron chi connectivity index (χ3n) is 5.63. The van der Waals surface area contributed by atoms with E-state index in [1.807, 2.05) is 24.9 Å². The zero-order valence-corrected chi connectivity index (χ0v) is 17.6. The Morgan fingerprint density at radius 2 is 1.93 bits per heavy atom. The topological polar surface area (TPSA) is 91.2 Å². The molecule has 0 aliphatic carbocycles. The molecule has 3 rings (SSSR count). The minimum absolute atomic E-state index is 0.0113. The molecule has 2 aliphatic rings. The number of piperidine rings is 1. The number of piperazine rings is 1. The molecule has 2 aliphatic heterocycles. The van der Waals surface area contributed by atoms with Gasteiger partial charge >= 0.3 is 6.09 Å². The Hall–Kier alpha value is -2.62. The number of anilines is 1. The molecule has 3 amide bonds. The molecule has 0 aromatic carbocycles. The zero-order valence-electron chi connectivity index (χ0n) is 17.6. The predicted molar refractivity (Wildman–Crippen MR) is 107 cm³/mol. The van der Waals surface area contributed by atoms with Crippen molar-refractivity contribution in [1.29, 1.82) is 0 Å². The maximum atomic E-state index is 13.2. The van der Waals surface area contributed by atoms with Crippen LogP contribution in [0.2, 0.25) is 0 Å². The molecular formula is C19H30N6O4. The van der Waals surface area contributed by atoms with Gasteiger partial charge in [0.1, 0.15) is 12.4 Å². The van der Waals surface area contributed by atoms with Gasteiger partial charge in [-0.1, -0.05) is 0 Å². The molecule has 10 nitrogen and oxygen atoms in total. The summed E-state index contributed by atoms with van der Waals surface area (Å²) in [6.45, 7) is 4.98. The van der Waals surface area contributed by atoms with E-state index >= 15 is 0 Å². The van der Waals surface area contributed by atoms with E-state index in [9.17, 15) is 14.4 Å². The van der Waals surface area contributed by atoms with Crippen molar-refractivity contribution in [2.45, 2.75) is 25.8 Å². The van der Waals surface area contributed by atoms with Crippen molar-refractivity contribution in [3.63, 3.8) is 0 Å². The van der Waals surface area contributed by atoms with Gasteiger partial charge in [-0.15, -0.1) is 0 Å².